The van der Waals surface area contributed by atoms with Crippen LogP contribution in [0.4, 0.5) is 0 Å². The van der Waals surface area contributed by atoms with Gasteiger partial charge in [0.1, 0.15) is 11.5 Å². The molecule has 1 aliphatic heterocycles. The molecule has 1 aromatic heterocycles. The minimum absolute atomic E-state index is 0.280. The highest BCUT2D eigenvalue weighted by Gasteiger charge is 2.23. The summed E-state index contributed by atoms with van der Waals surface area (Å²) in [5.41, 5.74) is 1.25. The zero-order valence-electron chi connectivity index (χ0n) is 13.4. The molecule has 20 heavy (non-hydrogen) atoms. The Bertz CT molecular complexity index is 428. The first-order valence-electron chi connectivity index (χ1n) is 7.63. The van der Waals surface area contributed by atoms with Crippen LogP contribution in [-0.2, 0) is 4.74 Å². The van der Waals surface area contributed by atoms with Crippen molar-refractivity contribution in [2.24, 2.45) is 0 Å². The molecule has 4 heteroatoms. The van der Waals surface area contributed by atoms with Crippen molar-refractivity contribution in [1.29, 1.82) is 0 Å². The highest BCUT2D eigenvalue weighted by molar-refractivity contribution is 5.23. The average Bonchev–Trinajstić information content (AvgIpc) is 2.75. The number of nitrogens with zero attached hydrogens (tertiary/aromatic N) is 1. The molecule has 1 fully saturated rings. The largest absolute Gasteiger partial charge is 0.466 e. The maximum atomic E-state index is 5.85. The van der Waals surface area contributed by atoms with Crippen molar-refractivity contribution in [2.75, 3.05) is 26.2 Å². The molecule has 2 unspecified atom stereocenters. The van der Waals surface area contributed by atoms with Gasteiger partial charge in [0.15, 0.2) is 0 Å². The van der Waals surface area contributed by atoms with Crippen molar-refractivity contribution in [3.05, 3.63) is 23.2 Å². The molecular formula is C16H28N2O2. The molecule has 0 spiro atoms. The lowest BCUT2D eigenvalue weighted by Gasteiger charge is -2.36. The summed E-state index contributed by atoms with van der Waals surface area (Å²) in [6.07, 6.45) is 0.280. The number of morpholine rings is 1. The smallest absolute Gasteiger partial charge is 0.105 e. The Morgan fingerprint density at radius 3 is 2.70 bits per heavy atom. The third-order valence-corrected chi connectivity index (χ3v) is 4.10. The fourth-order valence-electron chi connectivity index (χ4n) is 2.83. The molecule has 0 aliphatic carbocycles. The molecule has 0 radical (unpaired) electrons. The van der Waals surface area contributed by atoms with E-state index in [1.807, 2.05) is 13.8 Å². The van der Waals surface area contributed by atoms with Gasteiger partial charge in [-0.1, -0.05) is 0 Å². The number of ether oxygens (including phenoxy) is 1. The maximum absolute atomic E-state index is 5.85. The van der Waals surface area contributed by atoms with E-state index in [1.54, 1.807) is 0 Å². The molecule has 1 saturated heterocycles. The Hall–Kier alpha value is -0.840. The van der Waals surface area contributed by atoms with Crippen molar-refractivity contribution in [1.82, 2.24) is 10.2 Å². The summed E-state index contributed by atoms with van der Waals surface area (Å²) in [6.45, 7) is 14.5. The van der Waals surface area contributed by atoms with Gasteiger partial charge in [0.25, 0.3) is 0 Å². The van der Waals surface area contributed by atoms with E-state index in [1.165, 1.54) is 5.56 Å². The predicted molar refractivity (Wildman–Crippen MR) is 81.0 cm³/mol. The monoisotopic (exact) mass is 280 g/mol. The first-order chi connectivity index (χ1) is 9.47. The molecule has 1 aliphatic rings. The van der Waals surface area contributed by atoms with E-state index in [2.05, 4.69) is 37.1 Å². The summed E-state index contributed by atoms with van der Waals surface area (Å²) in [4.78, 5) is 2.48. The molecule has 0 amide bonds. The van der Waals surface area contributed by atoms with E-state index in [4.69, 9.17) is 9.15 Å². The molecule has 114 valence electrons. The Morgan fingerprint density at radius 1 is 1.35 bits per heavy atom. The lowest BCUT2D eigenvalue weighted by Crippen LogP contribution is -2.49. The minimum Gasteiger partial charge on any atom is -0.466 e. The Balaban J connectivity index is 1.84. The highest BCUT2D eigenvalue weighted by atomic mass is 16.5. The standard InChI is InChI=1S/C16H28N2O2/c1-11(2)18-6-7-19-15(10-18)9-17-13(4)16-8-12(3)20-14(16)5/h8,11,13,15,17H,6-7,9-10H2,1-5H3. The molecular weight excluding hydrogens is 252 g/mol. The first kappa shape index (κ1) is 15.5. The second-order valence-electron chi connectivity index (χ2n) is 6.08. The van der Waals surface area contributed by atoms with Crippen LogP contribution in [0.15, 0.2) is 10.5 Å². The molecule has 1 N–H and O–H groups in total. The summed E-state index contributed by atoms with van der Waals surface area (Å²) in [7, 11) is 0. The van der Waals surface area contributed by atoms with Crippen molar-refractivity contribution in [2.45, 2.75) is 52.8 Å². The number of hydrogen-bond acceptors (Lipinski definition) is 4. The normalized spacial score (nSPS) is 22.4. The Labute approximate surface area is 122 Å². The second-order valence-corrected chi connectivity index (χ2v) is 6.08. The van der Waals surface area contributed by atoms with Crippen LogP contribution >= 0.6 is 0 Å². The van der Waals surface area contributed by atoms with Gasteiger partial charge in [-0.2, -0.15) is 0 Å². The molecule has 0 saturated carbocycles. The van der Waals surface area contributed by atoms with Crippen LogP contribution in [-0.4, -0.2) is 43.3 Å². The zero-order chi connectivity index (χ0) is 14.7. The summed E-state index contributed by atoms with van der Waals surface area (Å²) >= 11 is 0. The number of hydrogen-bond donors (Lipinski definition) is 1. The molecule has 1 aromatic rings. The fraction of sp³-hybridized carbons (Fsp3) is 0.750. The van der Waals surface area contributed by atoms with Gasteiger partial charge >= 0.3 is 0 Å². The third kappa shape index (κ3) is 3.84. The second kappa shape index (κ2) is 6.74. The quantitative estimate of drug-likeness (QED) is 0.900. The van der Waals surface area contributed by atoms with E-state index in [-0.39, 0.29) is 6.10 Å². The Morgan fingerprint density at radius 2 is 2.10 bits per heavy atom. The van der Waals surface area contributed by atoms with Crippen LogP contribution in [0.2, 0.25) is 0 Å². The van der Waals surface area contributed by atoms with E-state index < -0.39 is 0 Å². The fourth-order valence-corrected chi connectivity index (χ4v) is 2.83. The summed E-state index contributed by atoms with van der Waals surface area (Å²) in [5, 5.41) is 3.57. The van der Waals surface area contributed by atoms with Crippen molar-refractivity contribution < 1.29 is 9.15 Å². The molecule has 4 nitrogen and oxygen atoms in total. The van der Waals surface area contributed by atoms with E-state index in [0.717, 1.165) is 37.8 Å². The number of rotatable bonds is 5. The Kier molecular flexibility index (Phi) is 5.24. The van der Waals surface area contributed by atoms with E-state index >= 15 is 0 Å². The van der Waals surface area contributed by atoms with Crippen LogP contribution in [0.25, 0.3) is 0 Å². The number of furan rings is 1. The maximum Gasteiger partial charge on any atom is 0.105 e. The SMILES string of the molecule is Cc1cc(C(C)NCC2CN(C(C)C)CCO2)c(C)o1. The van der Waals surface area contributed by atoms with Crippen LogP contribution in [0.5, 0.6) is 0 Å². The van der Waals surface area contributed by atoms with Gasteiger partial charge < -0.3 is 14.5 Å². The van der Waals surface area contributed by atoms with Crippen LogP contribution in [0.3, 0.4) is 0 Å². The van der Waals surface area contributed by atoms with Crippen molar-refractivity contribution >= 4 is 0 Å². The predicted octanol–water partition coefficient (Wildman–Crippen LogP) is 2.66. The molecule has 2 heterocycles. The topological polar surface area (TPSA) is 37.6 Å². The molecule has 0 aromatic carbocycles. The lowest BCUT2D eigenvalue weighted by atomic mass is 10.1. The third-order valence-electron chi connectivity index (χ3n) is 4.10. The molecule has 2 atom stereocenters. The summed E-state index contributed by atoms with van der Waals surface area (Å²) < 4.78 is 11.4. The lowest BCUT2D eigenvalue weighted by molar-refractivity contribution is -0.0380. The number of aryl methyl sites for hydroxylation is 2. The van der Waals surface area contributed by atoms with Crippen molar-refractivity contribution in [3.8, 4) is 0 Å². The van der Waals surface area contributed by atoms with Gasteiger partial charge in [0, 0.05) is 37.3 Å². The van der Waals surface area contributed by atoms with Crippen LogP contribution < -0.4 is 5.32 Å². The van der Waals surface area contributed by atoms with Gasteiger partial charge in [0.2, 0.25) is 0 Å². The van der Waals surface area contributed by atoms with Gasteiger partial charge in [-0.3, -0.25) is 4.90 Å². The average molecular weight is 280 g/mol. The molecule has 0 bridgehead atoms. The number of nitrogens with one attached hydrogen (secondary N) is 1. The van der Waals surface area contributed by atoms with Gasteiger partial charge in [-0.25, -0.2) is 0 Å². The highest BCUT2D eigenvalue weighted by Crippen LogP contribution is 2.21. The first-order valence-corrected chi connectivity index (χ1v) is 7.63. The van der Waals surface area contributed by atoms with Gasteiger partial charge in [-0.15, -0.1) is 0 Å². The summed E-state index contributed by atoms with van der Waals surface area (Å²) in [6, 6.07) is 3.01. The molecule has 2 rings (SSSR count). The van der Waals surface area contributed by atoms with E-state index in [0.29, 0.717) is 12.1 Å². The zero-order valence-corrected chi connectivity index (χ0v) is 13.4. The van der Waals surface area contributed by atoms with Gasteiger partial charge in [-0.05, 0) is 40.7 Å². The van der Waals surface area contributed by atoms with Gasteiger partial charge in [0.05, 0.1) is 12.7 Å². The van der Waals surface area contributed by atoms with Crippen molar-refractivity contribution in [3.63, 3.8) is 0 Å². The van der Waals surface area contributed by atoms with Crippen LogP contribution in [0.1, 0.15) is 43.9 Å². The van der Waals surface area contributed by atoms with E-state index in [9.17, 15) is 0 Å². The summed E-state index contributed by atoms with van der Waals surface area (Å²) in [5.74, 6) is 1.99. The minimum atomic E-state index is 0.280. The van der Waals surface area contributed by atoms with Crippen LogP contribution in [0, 0.1) is 13.8 Å².